The molecule has 3 heteroatoms. The Hall–Kier alpha value is 0.803. The SMILES string of the molecule is CC[N][C](C)[N]C(C)(C)C.C[C]1[C](C)[C](C)[C](C)[C]1C.[CH3-].[CH3-].[Zr+4]. The molecule has 0 aliphatic heterocycles. The smallest absolute Gasteiger partial charge is 0.358 e. The number of nitrogens with zero attached hydrogens (tertiary/aromatic N) is 2. The van der Waals surface area contributed by atoms with Crippen LogP contribution < -0.4 is 10.6 Å². The van der Waals surface area contributed by atoms with E-state index in [9.17, 15) is 0 Å². The molecule has 1 rings (SSSR count). The fourth-order valence-electron chi connectivity index (χ4n) is 2.16. The Labute approximate surface area is 168 Å². The molecule has 130 valence electrons. The zero-order valence-corrected chi connectivity index (χ0v) is 20.1. The number of hydrogen-bond acceptors (Lipinski definition) is 0. The van der Waals surface area contributed by atoms with Crippen LogP contribution in [0.2, 0.25) is 0 Å². The van der Waals surface area contributed by atoms with Crippen molar-refractivity contribution in [3.8, 4) is 0 Å². The van der Waals surface area contributed by atoms with Gasteiger partial charge >= 0.3 is 26.2 Å². The van der Waals surface area contributed by atoms with Crippen molar-refractivity contribution in [2.45, 2.75) is 74.8 Å². The molecule has 23 heavy (non-hydrogen) atoms. The maximum atomic E-state index is 4.35. The molecule has 0 saturated heterocycles. The number of hydrogen-bond donors (Lipinski definition) is 0. The van der Waals surface area contributed by atoms with Gasteiger partial charge in [0.25, 0.3) is 0 Å². The Morgan fingerprint density at radius 3 is 1.22 bits per heavy atom. The van der Waals surface area contributed by atoms with Crippen LogP contribution >= 0.6 is 0 Å². The molecule has 2 nitrogen and oxygen atoms in total. The van der Waals surface area contributed by atoms with Crippen LogP contribution in [0.15, 0.2) is 0 Å². The van der Waals surface area contributed by atoms with Crippen LogP contribution in [0.1, 0.15) is 69.2 Å². The molecule has 0 atom stereocenters. The first-order valence-electron chi connectivity index (χ1n) is 7.44. The van der Waals surface area contributed by atoms with Crippen molar-refractivity contribution in [3.05, 3.63) is 50.6 Å². The fraction of sp³-hybridized carbons (Fsp3) is 0.600. The summed E-state index contributed by atoms with van der Waals surface area (Å²) in [4.78, 5) is 0. The summed E-state index contributed by atoms with van der Waals surface area (Å²) in [7, 11) is 0. The molecule has 0 amide bonds. The summed E-state index contributed by atoms with van der Waals surface area (Å²) < 4.78 is 0. The summed E-state index contributed by atoms with van der Waals surface area (Å²) in [5.41, 5.74) is 0.0166. The molecule has 1 saturated carbocycles. The quantitative estimate of drug-likeness (QED) is 0.571. The van der Waals surface area contributed by atoms with E-state index in [-0.39, 0.29) is 46.6 Å². The van der Waals surface area contributed by atoms with E-state index in [1.54, 1.807) is 0 Å². The van der Waals surface area contributed by atoms with Crippen molar-refractivity contribution < 1.29 is 26.2 Å². The topological polar surface area (TPSA) is 28.2 Å². The van der Waals surface area contributed by atoms with Gasteiger partial charge in [-0.3, -0.25) is 0 Å². The Kier molecular flexibility index (Phi) is 19.2. The van der Waals surface area contributed by atoms with Crippen molar-refractivity contribution in [3.63, 3.8) is 0 Å². The first-order valence-corrected chi connectivity index (χ1v) is 7.44. The average molecular weight is 398 g/mol. The van der Waals surface area contributed by atoms with Gasteiger partial charge in [-0.2, -0.15) is 0 Å². The third-order valence-corrected chi connectivity index (χ3v) is 3.70. The first kappa shape index (κ1) is 31.6. The molecule has 0 aromatic carbocycles. The fourth-order valence-corrected chi connectivity index (χ4v) is 2.16. The van der Waals surface area contributed by atoms with Crippen LogP contribution in [-0.2, 0) is 26.2 Å². The molecular weight excluding hydrogens is 359 g/mol. The average Bonchev–Trinajstić information content (AvgIpc) is 2.46. The van der Waals surface area contributed by atoms with E-state index >= 15 is 0 Å². The summed E-state index contributed by atoms with van der Waals surface area (Å²) >= 11 is 0. The van der Waals surface area contributed by atoms with Crippen LogP contribution in [0.25, 0.3) is 0 Å². The normalized spacial score (nSPS) is 17.9. The van der Waals surface area contributed by atoms with Crippen molar-refractivity contribution >= 4 is 0 Å². The van der Waals surface area contributed by atoms with E-state index < -0.39 is 0 Å². The van der Waals surface area contributed by atoms with Gasteiger partial charge in [-0.1, -0.05) is 41.5 Å². The van der Waals surface area contributed by atoms with E-state index in [4.69, 9.17) is 0 Å². The van der Waals surface area contributed by atoms with Gasteiger partial charge in [0.05, 0.1) is 0 Å². The van der Waals surface area contributed by atoms with Crippen molar-refractivity contribution in [1.82, 2.24) is 10.6 Å². The minimum Gasteiger partial charge on any atom is -0.358 e. The molecule has 0 bridgehead atoms. The van der Waals surface area contributed by atoms with Gasteiger partial charge in [0, 0.05) is 12.1 Å². The van der Waals surface area contributed by atoms with Crippen LogP contribution in [-0.4, -0.2) is 12.1 Å². The Bertz CT molecular complexity index is 218. The second-order valence-corrected chi connectivity index (χ2v) is 6.43. The molecule has 0 unspecified atom stereocenters. The van der Waals surface area contributed by atoms with Crippen molar-refractivity contribution in [1.29, 1.82) is 0 Å². The summed E-state index contributed by atoms with van der Waals surface area (Å²) in [6.45, 7) is 22.0. The van der Waals surface area contributed by atoms with E-state index in [1.807, 2.05) is 13.8 Å². The summed E-state index contributed by atoms with van der Waals surface area (Å²) in [5.74, 6) is 7.34. The molecule has 0 N–H and O–H groups in total. The molecule has 1 aliphatic carbocycles. The van der Waals surface area contributed by atoms with Gasteiger partial charge < -0.3 is 14.9 Å². The van der Waals surface area contributed by atoms with Gasteiger partial charge in [0.1, 0.15) is 6.17 Å². The second-order valence-electron chi connectivity index (χ2n) is 6.43. The summed E-state index contributed by atoms with van der Waals surface area (Å²) in [6, 6.07) is 0. The van der Waals surface area contributed by atoms with Crippen LogP contribution in [0.4, 0.5) is 0 Å². The predicted octanol–water partition coefficient (Wildman–Crippen LogP) is 5.39. The molecule has 0 heterocycles. The molecule has 8 radical (unpaired) electrons. The molecule has 0 spiro atoms. The van der Waals surface area contributed by atoms with E-state index in [1.165, 1.54) is 29.6 Å². The van der Waals surface area contributed by atoms with Crippen LogP contribution in [0, 0.1) is 50.6 Å². The Balaban J connectivity index is -0.000000139. The summed E-state index contributed by atoms with van der Waals surface area (Å²) in [6.07, 6.45) is 0.898. The molecule has 0 aromatic rings. The van der Waals surface area contributed by atoms with Gasteiger partial charge in [-0.05, 0) is 57.3 Å². The predicted molar refractivity (Wildman–Crippen MR) is 101 cm³/mol. The van der Waals surface area contributed by atoms with E-state index in [2.05, 4.69) is 66.0 Å². The van der Waals surface area contributed by atoms with E-state index in [0.717, 1.165) is 12.7 Å². The maximum absolute atomic E-state index is 4.35. The van der Waals surface area contributed by atoms with Gasteiger partial charge in [-0.25, -0.2) is 10.6 Å². The zero-order valence-electron chi connectivity index (χ0n) is 17.6. The molecule has 1 aliphatic rings. The van der Waals surface area contributed by atoms with Crippen molar-refractivity contribution in [2.24, 2.45) is 0 Å². The molecule has 0 aromatic heterocycles. The maximum Gasteiger partial charge on any atom is 4.00 e. The van der Waals surface area contributed by atoms with Crippen LogP contribution in [0.3, 0.4) is 0 Å². The van der Waals surface area contributed by atoms with Gasteiger partial charge in [-0.15, -0.1) is 0 Å². The minimum absolute atomic E-state index is 0. The van der Waals surface area contributed by atoms with Crippen molar-refractivity contribution in [2.75, 3.05) is 6.54 Å². The molecular formula is C20H38N2Zr+2. The third kappa shape index (κ3) is 11.9. The minimum atomic E-state index is 0. The van der Waals surface area contributed by atoms with E-state index in [0.29, 0.717) is 0 Å². The first-order chi connectivity index (χ1) is 9.01. The zero-order chi connectivity index (χ0) is 16.1. The third-order valence-electron chi connectivity index (χ3n) is 3.70. The standard InChI is InChI=1S/C10H15.C8H17N2.2CH3.Zr/c1-6-7(2)9(4)10(5)8(6)3;1-6-9-7(2)10-8(3,4)5;;;/h1-5H3;6H2,1-5H3;2*1H3;/q;;2*-1;+4. The van der Waals surface area contributed by atoms with Gasteiger partial charge in [0.15, 0.2) is 0 Å². The monoisotopic (exact) mass is 396 g/mol. The molecule has 1 fully saturated rings. The number of rotatable bonds is 3. The second kappa shape index (κ2) is 14.0. The Morgan fingerprint density at radius 1 is 0.783 bits per heavy atom. The summed E-state index contributed by atoms with van der Waals surface area (Å²) in [5, 5.41) is 8.51. The van der Waals surface area contributed by atoms with Gasteiger partial charge in [0.2, 0.25) is 0 Å². The Morgan fingerprint density at radius 2 is 1.04 bits per heavy atom. The van der Waals surface area contributed by atoms with Crippen LogP contribution in [0.5, 0.6) is 0 Å². The largest absolute Gasteiger partial charge is 4.00 e.